The third-order valence-electron chi connectivity index (χ3n) is 4.22. The fourth-order valence-electron chi connectivity index (χ4n) is 2.99. The van der Waals surface area contributed by atoms with Gasteiger partial charge in [-0.3, -0.25) is 0 Å². The average Bonchev–Trinajstić information content (AvgIpc) is 3.23. The molecule has 8 nitrogen and oxygen atoms in total. The zero-order chi connectivity index (χ0) is 19.7. The van der Waals surface area contributed by atoms with Crippen LogP contribution in [0.1, 0.15) is 26.3 Å². The second-order valence-corrected chi connectivity index (χ2v) is 7.05. The Morgan fingerprint density at radius 3 is 2.75 bits per heavy atom. The molecule has 28 heavy (non-hydrogen) atoms. The topological polar surface area (TPSA) is 88.7 Å². The van der Waals surface area contributed by atoms with Gasteiger partial charge in [-0.2, -0.15) is 9.97 Å². The predicted molar refractivity (Wildman–Crippen MR) is 101 cm³/mol. The van der Waals surface area contributed by atoms with E-state index in [0.29, 0.717) is 36.2 Å². The predicted octanol–water partition coefficient (Wildman–Crippen LogP) is 3.52. The maximum Gasteiger partial charge on any atom is 0.323 e. The molecular weight excluding hydrogens is 362 g/mol. The van der Waals surface area contributed by atoms with E-state index in [0.717, 1.165) is 11.1 Å². The Kier molecular flexibility index (Phi) is 4.91. The van der Waals surface area contributed by atoms with Gasteiger partial charge in [0.2, 0.25) is 5.89 Å². The molecule has 1 atom stereocenters. The molecule has 0 bridgehead atoms. The number of aryl methyl sites for hydroxylation is 1. The van der Waals surface area contributed by atoms with E-state index in [2.05, 4.69) is 15.0 Å². The zero-order valence-electron chi connectivity index (χ0n) is 16.4. The van der Waals surface area contributed by atoms with E-state index < -0.39 is 5.79 Å². The van der Waals surface area contributed by atoms with Crippen LogP contribution in [0.3, 0.4) is 0 Å². The molecule has 4 rings (SSSR count). The lowest BCUT2D eigenvalue weighted by molar-refractivity contribution is -0.141. The van der Waals surface area contributed by atoms with Crippen molar-refractivity contribution < 1.29 is 23.4 Å². The van der Waals surface area contributed by atoms with Crippen LogP contribution in [0.15, 0.2) is 28.7 Å². The van der Waals surface area contributed by atoms with Crippen LogP contribution in [0.4, 0.5) is 0 Å². The summed E-state index contributed by atoms with van der Waals surface area (Å²) < 4.78 is 28.5. The Balaban J connectivity index is 1.61. The van der Waals surface area contributed by atoms with E-state index in [1.54, 1.807) is 0 Å². The first-order valence-corrected chi connectivity index (χ1v) is 9.26. The van der Waals surface area contributed by atoms with Gasteiger partial charge in [-0.1, -0.05) is 17.7 Å². The van der Waals surface area contributed by atoms with Gasteiger partial charge in [-0.05, 0) is 39.8 Å². The summed E-state index contributed by atoms with van der Waals surface area (Å²) in [5, 5.41) is 0. The molecule has 1 aromatic carbocycles. The number of aromatic nitrogens is 3. The SMILES string of the molecule is CCOc1nc(OCC2COC(C)(C)O2)nc2oc(-c3cccc(C)c3)nc12. The highest BCUT2D eigenvalue weighted by atomic mass is 16.7. The van der Waals surface area contributed by atoms with Crippen molar-refractivity contribution in [2.75, 3.05) is 19.8 Å². The van der Waals surface area contributed by atoms with Crippen LogP contribution in [0.5, 0.6) is 11.9 Å². The summed E-state index contributed by atoms with van der Waals surface area (Å²) in [6.45, 7) is 8.77. The van der Waals surface area contributed by atoms with Gasteiger partial charge in [0.1, 0.15) is 12.7 Å². The number of hydrogen-bond acceptors (Lipinski definition) is 8. The second kappa shape index (κ2) is 7.37. The molecule has 1 fully saturated rings. The quantitative estimate of drug-likeness (QED) is 0.637. The molecular formula is C20H23N3O5. The highest BCUT2D eigenvalue weighted by molar-refractivity contribution is 5.77. The number of rotatable bonds is 6. The number of ether oxygens (including phenoxy) is 4. The molecule has 0 amide bonds. The first kappa shape index (κ1) is 18.6. The number of nitrogens with zero attached hydrogens (tertiary/aromatic N) is 3. The minimum Gasteiger partial charge on any atom is -0.476 e. The number of fused-ring (bicyclic) bond motifs is 1. The lowest BCUT2D eigenvalue weighted by Gasteiger charge is -2.16. The molecule has 0 saturated carbocycles. The van der Waals surface area contributed by atoms with Crippen molar-refractivity contribution in [3.05, 3.63) is 29.8 Å². The van der Waals surface area contributed by atoms with Gasteiger partial charge in [0, 0.05) is 5.56 Å². The Morgan fingerprint density at radius 1 is 1.18 bits per heavy atom. The van der Waals surface area contributed by atoms with Crippen molar-refractivity contribution >= 4 is 11.2 Å². The summed E-state index contributed by atoms with van der Waals surface area (Å²) in [4.78, 5) is 13.2. The van der Waals surface area contributed by atoms with E-state index in [9.17, 15) is 0 Å². The van der Waals surface area contributed by atoms with Gasteiger partial charge in [-0.15, -0.1) is 0 Å². The summed E-state index contributed by atoms with van der Waals surface area (Å²) in [6.07, 6.45) is -0.192. The number of hydrogen-bond donors (Lipinski definition) is 0. The van der Waals surface area contributed by atoms with E-state index in [1.165, 1.54) is 0 Å². The van der Waals surface area contributed by atoms with E-state index in [-0.39, 0.29) is 18.7 Å². The van der Waals surface area contributed by atoms with Crippen LogP contribution in [0.2, 0.25) is 0 Å². The van der Waals surface area contributed by atoms with Crippen LogP contribution < -0.4 is 9.47 Å². The normalized spacial score (nSPS) is 18.5. The number of oxazole rings is 1. The summed E-state index contributed by atoms with van der Waals surface area (Å²) in [7, 11) is 0. The van der Waals surface area contributed by atoms with Gasteiger partial charge in [-0.25, -0.2) is 4.98 Å². The monoisotopic (exact) mass is 385 g/mol. The Hall–Kier alpha value is -2.71. The third kappa shape index (κ3) is 3.93. The van der Waals surface area contributed by atoms with Crippen molar-refractivity contribution in [3.63, 3.8) is 0 Å². The Bertz CT molecular complexity index is 985. The van der Waals surface area contributed by atoms with E-state index in [4.69, 9.17) is 23.4 Å². The van der Waals surface area contributed by atoms with Crippen LogP contribution in [-0.2, 0) is 9.47 Å². The summed E-state index contributed by atoms with van der Waals surface area (Å²) in [5.41, 5.74) is 2.75. The first-order valence-electron chi connectivity index (χ1n) is 9.26. The molecule has 0 spiro atoms. The Labute approximate surface area is 162 Å². The van der Waals surface area contributed by atoms with Gasteiger partial charge in [0.05, 0.1) is 13.2 Å². The molecule has 1 saturated heterocycles. The average molecular weight is 385 g/mol. The van der Waals surface area contributed by atoms with Gasteiger partial charge >= 0.3 is 6.01 Å². The lowest BCUT2D eigenvalue weighted by Crippen LogP contribution is -2.25. The highest BCUT2D eigenvalue weighted by Gasteiger charge is 2.33. The van der Waals surface area contributed by atoms with Gasteiger partial charge in [0.15, 0.2) is 11.3 Å². The van der Waals surface area contributed by atoms with Crippen molar-refractivity contribution in [2.24, 2.45) is 0 Å². The largest absolute Gasteiger partial charge is 0.476 e. The minimum atomic E-state index is -0.608. The highest BCUT2D eigenvalue weighted by Crippen LogP contribution is 2.30. The lowest BCUT2D eigenvalue weighted by atomic mass is 10.1. The molecule has 2 aromatic heterocycles. The fourth-order valence-corrected chi connectivity index (χ4v) is 2.99. The fraction of sp³-hybridized carbons (Fsp3) is 0.450. The molecule has 0 aliphatic carbocycles. The molecule has 3 heterocycles. The molecule has 1 unspecified atom stereocenters. The molecule has 0 N–H and O–H groups in total. The van der Waals surface area contributed by atoms with Crippen molar-refractivity contribution in [1.82, 2.24) is 15.0 Å². The van der Waals surface area contributed by atoms with Crippen LogP contribution in [0.25, 0.3) is 22.7 Å². The number of benzene rings is 1. The summed E-state index contributed by atoms with van der Waals surface area (Å²) >= 11 is 0. The van der Waals surface area contributed by atoms with Crippen LogP contribution in [0, 0.1) is 6.92 Å². The molecule has 1 aliphatic rings. The summed E-state index contributed by atoms with van der Waals surface area (Å²) in [6, 6.07) is 8.04. The maximum absolute atomic E-state index is 5.86. The van der Waals surface area contributed by atoms with Gasteiger partial charge in [0.25, 0.3) is 11.6 Å². The van der Waals surface area contributed by atoms with Crippen LogP contribution in [-0.4, -0.2) is 46.7 Å². The second-order valence-electron chi connectivity index (χ2n) is 7.05. The molecule has 148 valence electrons. The minimum absolute atomic E-state index is 0.149. The summed E-state index contributed by atoms with van der Waals surface area (Å²) in [5.74, 6) is 0.178. The van der Waals surface area contributed by atoms with Crippen molar-refractivity contribution in [1.29, 1.82) is 0 Å². The van der Waals surface area contributed by atoms with E-state index in [1.807, 2.05) is 52.0 Å². The standard InChI is InChI=1S/C20H23N3O5/c1-5-24-17-15-18(27-16(21-15)13-8-6-7-12(2)9-13)23-19(22-17)25-10-14-11-26-20(3,4)28-14/h6-9,14H,5,10-11H2,1-4H3. The van der Waals surface area contributed by atoms with Crippen molar-refractivity contribution in [3.8, 4) is 23.3 Å². The molecule has 1 aliphatic heterocycles. The molecule has 8 heteroatoms. The molecule has 0 radical (unpaired) electrons. The third-order valence-corrected chi connectivity index (χ3v) is 4.22. The van der Waals surface area contributed by atoms with Gasteiger partial charge < -0.3 is 23.4 Å². The van der Waals surface area contributed by atoms with Crippen molar-refractivity contribution in [2.45, 2.75) is 39.6 Å². The Morgan fingerprint density at radius 2 is 2.04 bits per heavy atom. The van der Waals surface area contributed by atoms with E-state index >= 15 is 0 Å². The van der Waals surface area contributed by atoms with Crippen LogP contribution >= 0.6 is 0 Å². The zero-order valence-corrected chi connectivity index (χ0v) is 16.4. The maximum atomic E-state index is 5.86. The first-order chi connectivity index (χ1) is 13.4. The molecule has 3 aromatic rings. The smallest absolute Gasteiger partial charge is 0.323 e.